The summed E-state index contributed by atoms with van der Waals surface area (Å²) in [6.07, 6.45) is 2.34. The van der Waals surface area contributed by atoms with Gasteiger partial charge in [-0.05, 0) is 24.3 Å². The first-order chi connectivity index (χ1) is 13.2. The molecule has 0 saturated carbocycles. The SMILES string of the molecule is O=Cc1ccc(-c2nc(-c3ccccc3)nc(-c3ccccn3)n2)c(O)c1. The first kappa shape index (κ1) is 16.5. The highest BCUT2D eigenvalue weighted by atomic mass is 16.3. The standard InChI is InChI=1S/C21H14N4O2/c26-13-14-9-10-16(18(27)12-14)20-23-19(15-6-2-1-3-7-15)24-21(25-20)17-8-4-5-11-22-17/h1-13,27H. The summed E-state index contributed by atoms with van der Waals surface area (Å²) in [6.45, 7) is 0. The number of carbonyl (C=O) groups is 1. The number of pyridine rings is 1. The molecule has 0 amide bonds. The molecule has 0 aliphatic heterocycles. The summed E-state index contributed by atoms with van der Waals surface area (Å²) in [5.41, 5.74) is 2.21. The van der Waals surface area contributed by atoms with Crippen LogP contribution in [-0.4, -0.2) is 31.3 Å². The van der Waals surface area contributed by atoms with Gasteiger partial charge in [-0.2, -0.15) is 0 Å². The van der Waals surface area contributed by atoms with Crippen LogP contribution in [0.4, 0.5) is 0 Å². The van der Waals surface area contributed by atoms with Gasteiger partial charge in [0.2, 0.25) is 0 Å². The molecular formula is C21H14N4O2. The van der Waals surface area contributed by atoms with Gasteiger partial charge in [0.05, 0.1) is 5.56 Å². The highest BCUT2D eigenvalue weighted by Crippen LogP contribution is 2.29. The minimum atomic E-state index is -0.0724. The second-order valence-corrected chi connectivity index (χ2v) is 5.78. The van der Waals surface area contributed by atoms with E-state index in [0.29, 0.717) is 40.6 Å². The third-order valence-corrected chi connectivity index (χ3v) is 3.96. The number of hydrogen-bond donors (Lipinski definition) is 1. The largest absolute Gasteiger partial charge is 0.507 e. The lowest BCUT2D eigenvalue weighted by Gasteiger charge is -2.09. The third-order valence-electron chi connectivity index (χ3n) is 3.96. The number of carbonyl (C=O) groups excluding carboxylic acids is 1. The van der Waals surface area contributed by atoms with Gasteiger partial charge in [-0.15, -0.1) is 0 Å². The Hall–Kier alpha value is -3.93. The van der Waals surface area contributed by atoms with E-state index in [2.05, 4.69) is 19.9 Å². The second kappa shape index (κ2) is 7.13. The number of aromatic nitrogens is 4. The van der Waals surface area contributed by atoms with E-state index >= 15 is 0 Å². The van der Waals surface area contributed by atoms with Crippen molar-refractivity contribution in [1.29, 1.82) is 0 Å². The summed E-state index contributed by atoms with van der Waals surface area (Å²) >= 11 is 0. The van der Waals surface area contributed by atoms with Crippen LogP contribution in [0.15, 0.2) is 72.9 Å². The van der Waals surface area contributed by atoms with Crippen LogP contribution in [-0.2, 0) is 0 Å². The van der Waals surface area contributed by atoms with Gasteiger partial charge >= 0.3 is 0 Å². The van der Waals surface area contributed by atoms with Crippen molar-refractivity contribution in [2.75, 3.05) is 0 Å². The van der Waals surface area contributed by atoms with E-state index in [1.54, 1.807) is 18.3 Å². The van der Waals surface area contributed by atoms with E-state index < -0.39 is 0 Å². The molecule has 27 heavy (non-hydrogen) atoms. The van der Waals surface area contributed by atoms with Gasteiger partial charge in [-0.1, -0.05) is 42.5 Å². The summed E-state index contributed by atoms with van der Waals surface area (Å²) < 4.78 is 0. The lowest BCUT2D eigenvalue weighted by molar-refractivity contribution is 0.112. The van der Waals surface area contributed by atoms with E-state index in [-0.39, 0.29) is 5.75 Å². The zero-order valence-electron chi connectivity index (χ0n) is 14.1. The van der Waals surface area contributed by atoms with Gasteiger partial charge in [0, 0.05) is 17.3 Å². The molecule has 0 unspecified atom stereocenters. The molecule has 0 bridgehead atoms. The lowest BCUT2D eigenvalue weighted by Crippen LogP contribution is -2.01. The molecular weight excluding hydrogens is 340 g/mol. The molecule has 2 heterocycles. The quantitative estimate of drug-likeness (QED) is 0.561. The zero-order chi connectivity index (χ0) is 18.6. The van der Waals surface area contributed by atoms with Gasteiger partial charge < -0.3 is 5.11 Å². The van der Waals surface area contributed by atoms with Gasteiger partial charge in [-0.3, -0.25) is 9.78 Å². The average molecular weight is 354 g/mol. The molecule has 4 aromatic rings. The van der Waals surface area contributed by atoms with Gasteiger partial charge in [-0.25, -0.2) is 15.0 Å². The van der Waals surface area contributed by atoms with Crippen LogP contribution >= 0.6 is 0 Å². The zero-order valence-corrected chi connectivity index (χ0v) is 14.1. The number of benzene rings is 2. The second-order valence-electron chi connectivity index (χ2n) is 5.78. The van der Waals surface area contributed by atoms with E-state index in [9.17, 15) is 9.90 Å². The number of phenolic OH excluding ortho intramolecular Hbond substituents is 1. The smallest absolute Gasteiger partial charge is 0.182 e. The molecule has 0 aliphatic carbocycles. The number of phenols is 1. The first-order valence-corrected chi connectivity index (χ1v) is 8.26. The Morgan fingerprint density at radius 3 is 2.22 bits per heavy atom. The van der Waals surface area contributed by atoms with Crippen LogP contribution in [0.2, 0.25) is 0 Å². The Morgan fingerprint density at radius 1 is 0.778 bits per heavy atom. The molecule has 0 aliphatic rings. The van der Waals surface area contributed by atoms with Crippen molar-refractivity contribution in [3.8, 4) is 40.0 Å². The predicted octanol–water partition coefficient (Wildman–Crippen LogP) is 3.79. The van der Waals surface area contributed by atoms with Crippen molar-refractivity contribution in [3.63, 3.8) is 0 Å². The van der Waals surface area contributed by atoms with Crippen LogP contribution in [0.3, 0.4) is 0 Å². The first-order valence-electron chi connectivity index (χ1n) is 8.26. The van der Waals surface area contributed by atoms with Crippen molar-refractivity contribution in [1.82, 2.24) is 19.9 Å². The van der Waals surface area contributed by atoms with Crippen LogP contribution in [0, 0.1) is 0 Å². The molecule has 130 valence electrons. The van der Waals surface area contributed by atoms with E-state index in [4.69, 9.17) is 0 Å². The Kier molecular flexibility index (Phi) is 4.37. The molecule has 4 rings (SSSR count). The summed E-state index contributed by atoms with van der Waals surface area (Å²) in [6, 6.07) is 19.6. The normalized spacial score (nSPS) is 10.5. The van der Waals surface area contributed by atoms with E-state index in [1.807, 2.05) is 48.5 Å². The Bertz CT molecular complexity index is 1040. The van der Waals surface area contributed by atoms with Crippen LogP contribution in [0.1, 0.15) is 10.4 Å². The van der Waals surface area contributed by atoms with E-state index in [0.717, 1.165) is 5.56 Å². The van der Waals surface area contributed by atoms with Crippen molar-refractivity contribution in [2.24, 2.45) is 0 Å². The van der Waals surface area contributed by atoms with E-state index in [1.165, 1.54) is 6.07 Å². The molecule has 0 radical (unpaired) electrons. The molecule has 6 heteroatoms. The molecule has 0 atom stereocenters. The summed E-state index contributed by atoms with van der Waals surface area (Å²) in [5.74, 6) is 1.11. The maximum absolute atomic E-state index is 10.9. The number of nitrogens with zero attached hydrogens (tertiary/aromatic N) is 4. The fourth-order valence-corrected chi connectivity index (χ4v) is 2.63. The lowest BCUT2D eigenvalue weighted by atomic mass is 10.1. The highest BCUT2D eigenvalue weighted by Gasteiger charge is 2.15. The number of hydrogen-bond acceptors (Lipinski definition) is 6. The molecule has 2 aromatic heterocycles. The van der Waals surface area contributed by atoms with Gasteiger partial charge in [0.25, 0.3) is 0 Å². The van der Waals surface area contributed by atoms with Gasteiger partial charge in [0.15, 0.2) is 17.5 Å². The molecule has 6 nitrogen and oxygen atoms in total. The van der Waals surface area contributed by atoms with Crippen LogP contribution < -0.4 is 0 Å². The molecule has 0 spiro atoms. The van der Waals surface area contributed by atoms with Crippen molar-refractivity contribution < 1.29 is 9.90 Å². The third kappa shape index (κ3) is 3.41. The number of rotatable bonds is 4. The summed E-state index contributed by atoms with van der Waals surface area (Å²) in [5, 5.41) is 10.3. The topological polar surface area (TPSA) is 88.9 Å². The molecule has 2 aromatic carbocycles. The average Bonchev–Trinajstić information content (AvgIpc) is 2.74. The fourth-order valence-electron chi connectivity index (χ4n) is 2.63. The Morgan fingerprint density at radius 2 is 1.52 bits per heavy atom. The van der Waals surface area contributed by atoms with Crippen LogP contribution in [0.25, 0.3) is 34.3 Å². The van der Waals surface area contributed by atoms with Crippen LogP contribution in [0.5, 0.6) is 5.75 Å². The summed E-state index contributed by atoms with van der Waals surface area (Å²) in [4.78, 5) is 28.8. The number of aldehydes is 1. The minimum absolute atomic E-state index is 0.0724. The fraction of sp³-hybridized carbons (Fsp3) is 0. The Balaban J connectivity index is 1.92. The van der Waals surface area contributed by atoms with Crippen molar-refractivity contribution in [3.05, 3.63) is 78.5 Å². The van der Waals surface area contributed by atoms with Crippen molar-refractivity contribution >= 4 is 6.29 Å². The van der Waals surface area contributed by atoms with Gasteiger partial charge in [0.1, 0.15) is 17.7 Å². The summed E-state index contributed by atoms with van der Waals surface area (Å²) in [7, 11) is 0. The highest BCUT2D eigenvalue weighted by molar-refractivity contribution is 5.79. The molecule has 0 fully saturated rings. The maximum atomic E-state index is 10.9. The molecule has 1 N–H and O–H groups in total. The molecule has 0 saturated heterocycles. The van der Waals surface area contributed by atoms with Crippen molar-refractivity contribution in [2.45, 2.75) is 0 Å². The Labute approximate surface area is 155 Å². The maximum Gasteiger partial charge on any atom is 0.182 e. The minimum Gasteiger partial charge on any atom is -0.507 e. The number of aromatic hydroxyl groups is 1. The monoisotopic (exact) mass is 354 g/mol. The predicted molar refractivity (Wildman–Crippen MR) is 101 cm³/mol.